The number of primary sulfonamides is 1. The summed E-state index contributed by atoms with van der Waals surface area (Å²) < 4.78 is 72.1. The number of methoxy groups -OCH3 is 1. The number of para-hydroxylation sites is 1. The molecule has 1 amide bonds. The van der Waals surface area contributed by atoms with Crippen LogP contribution in [0.4, 0.5) is 18.9 Å². The second-order valence-corrected chi connectivity index (χ2v) is 7.52. The highest BCUT2D eigenvalue weighted by molar-refractivity contribution is 7.89. The third-order valence-corrected chi connectivity index (χ3v) is 4.78. The van der Waals surface area contributed by atoms with Gasteiger partial charge in [0.25, 0.3) is 5.91 Å². The lowest BCUT2D eigenvalue weighted by Crippen LogP contribution is -2.31. The summed E-state index contributed by atoms with van der Waals surface area (Å²) in [6.07, 6.45) is -6.18. The molecular formula is C18H17F3N2O6S. The van der Waals surface area contributed by atoms with Crippen LogP contribution in [0.15, 0.2) is 47.4 Å². The molecule has 0 saturated heterocycles. The number of benzene rings is 2. The van der Waals surface area contributed by atoms with Crippen LogP contribution in [0.5, 0.6) is 5.75 Å². The largest absolute Gasteiger partial charge is 0.495 e. The predicted octanol–water partition coefficient (Wildman–Crippen LogP) is 2.55. The van der Waals surface area contributed by atoms with Gasteiger partial charge in [0.15, 0.2) is 6.10 Å². The van der Waals surface area contributed by atoms with E-state index < -0.39 is 50.3 Å². The van der Waals surface area contributed by atoms with Gasteiger partial charge in [-0.05, 0) is 37.3 Å². The molecule has 1 atom stereocenters. The van der Waals surface area contributed by atoms with Crippen LogP contribution in [-0.2, 0) is 25.7 Å². The topological polar surface area (TPSA) is 125 Å². The van der Waals surface area contributed by atoms with Crippen molar-refractivity contribution >= 4 is 27.6 Å². The van der Waals surface area contributed by atoms with E-state index in [1.165, 1.54) is 25.3 Å². The number of halogens is 3. The summed E-state index contributed by atoms with van der Waals surface area (Å²) in [6.45, 7) is 1.15. The molecule has 1 unspecified atom stereocenters. The van der Waals surface area contributed by atoms with Gasteiger partial charge in [0, 0.05) is 0 Å². The van der Waals surface area contributed by atoms with Crippen molar-refractivity contribution in [2.24, 2.45) is 5.14 Å². The molecule has 0 radical (unpaired) electrons. The van der Waals surface area contributed by atoms with E-state index in [2.05, 4.69) is 5.32 Å². The van der Waals surface area contributed by atoms with Crippen LogP contribution < -0.4 is 15.2 Å². The molecule has 0 saturated carbocycles. The van der Waals surface area contributed by atoms with Gasteiger partial charge in [0.2, 0.25) is 10.0 Å². The van der Waals surface area contributed by atoms with Crippen LogP contribution in [0.1, 0.15) is 22.8 Å². The Bertz CT molecular complexity index is 1070. The number of sulfonamides is 1. The lowest BCUT2D eigenvalue weighted by atomic mass is 10.1. The highest BCUT2D eigenvalue weighted by atomic mass is 32.2. The molecule has 0 aliphatic rings. The van der Waals surface area contributed by atoms with E-state index in [-0.39, 0.29) is 11.3 Å². The Hall–Kier alpha value is -3.12. The Balaban J connectivity index is 2.18. The van der Waals surface area contributed by atoms with Crippen molar-refractivity contribution in [3.63, 3.8) is 0 Å². The first-order valence-corrected chi connectivity index (χ1v) is 9.78. The first-order chi connectivity index (χ1) is 13.8. The highest BCUT2D eigenvalue weighted by Crippen LogP contribution is 2.34. The Morgan fingerprint density at radius 1 is 1.13 bits per heavy atom. The minimum atomic E-state index is -4.70. The first kappa shape index (κ1) is 23.2. The fourth-order valence-corrected chi connectivity index (χ4v) is 3.10. The van der Waals surface area contributed by atoms with E-state index in [1.54, 1.807) is 0 Å². The Morgan fingerprint density at radius 3 is 2.33 bits per heavy atom. The molecule has 0 bridgehead atoms. The minimum Gasteiger partial charge on any atom is -0.495 e. The number of rotatable bonds is 6. The molecule has 162 valence electrons. The first-order valence-electron chi connectivity index (χ1n) is 8.23. The second kappa shape index (κ2) is 8.71. The molecule has 0 heterocycles. The fourth-order valence-electron chi connectivity index (χ4n) is 2.38. The number of carbonyl (C=O) groups is 2. The molecule has 2 aromatic carbocycles. The van der Waals surface area contributed by atoms with E-state index in [1.807, 2.05) is 0 Å². The molecule has 12 heteroatoms. The zero-order valence-corrected chi connectivity index (χ0v) is 16.5. The van der Waals surface area contributed by atoms with Crippen molar-refractivity contribution in [3.8, 4) is 5.75 Å². The molecule has 8 nitrogen and oxygen atoms in total. The maximum atomic E-state index is 13.0. The average molecular weight is 446 g/mol. The number of carbonyl (C=O) groups excluding carboxylic acids is 2. The molecule has 0 fully saturated rings. The Morgan fingerprint density at radius 2 is 1.77 bits per heavy atom. The van der Waals surface area contributed by atoms with Gasteiger partial charge in [-0.25, -0.2) is 18.4 Å². The standard InChI is InChI=1S/C18H17F3N2O6S/c1-10(16(24)23-13-6-4-3-5-12(13)18(19,20)21)29-17(25)11-7-8-14(28-2)15(9-11)30(22,26)27/h3-10H,1-2H3,(H,23,24)(H2,22,26,27). The van der Waals surface area contributed by atoms with Gasteiger partial charge in [-0.3, -0.25) is 4.79 Å². The van der Waals surface area contributed by atoms with Gasteiger partial charge in [0.05, 0.1) is 23.9 Å². The highest BCUT2D eigenvalue weighted by Gasteiger charge is 2.34. The van der Waals surface area contributed by atoms with Gasteiger partial charge < -0.3 is 14.8 Å². The molecule has 0 aromatic heterocycles. The molecule has 0 aliphatic carbocycles. The zero-order chi connectivity index (χ0) is 22.7. The number of amides is 1. The molecule has 0 spiro atoms. The zero-order valence-electron chi connectivity index (χ0n) is 15.7. The third kappa shape index (κ3) is 5.48. The molecule has 3 N–H and O–H groups in total. The van der Waals surface area contributed by atoms with Crippen LogP contribution >= 0.6 is 0 Å². The van der Waals surface area contributed by atoms with E-state index in [0.717, 1.165) is 31.2 Å². The number of ether oxygens (including phenoxy) is 2. The van der Waals surface area contributed by atoms with E-state index >= 15 is 0 Å². The Labute approximate surface area is 169 Å². The monoisotopic (exact) mass is 446 g/mol. The molecule has 2 rings (SSSR count). The average Bonchev–Trinajstić information content (AvgIpc) is 2.66. The number of esters is 1. The molecule has 30 heavy (non-hydrogen) atoms. The van der Waals surface area contributed by atoms with Crippen molar-refractivity contribution in [1.29, 1.82) is 0 Å². The van der Waals surface area contributed by atoms with Gasteiger partial charge in [0.1, 0.15) is 10.6 Å². The number of anilines is 1. The molecule has 2 aromatic rings. The lowest BCUT2D eigenvalue weighted by Gasteiger charge is -2.17. The van der Waals surface area contributed by atoms with Crippen molar-refractivity contribution in [2.75, 3.05) is 12.4 Å². The third-order valence-electron chi connectivity index (χ3n) is 3.85. The van der Waals surface area contributed by atoms with Crippen LogP contribution in [-0.4, -0.2) is 33.5 Å². The SMILES string of the molecule is COc1ccc(C(=O)OC(C)C(=O)Nc2ccccc2C(F)(F)F)cc1S(N)(=O)=O. The number of alkyl halides is 3. The fraction of sp³-hybridized carbons (Fsp3) is 0.222. The number of hydrogen-bond acceptors (Lipinski definition) is 6. The van der Waals surface area contributed by atoms with Crippen molar-refractivity contribution < 1.29 is 40.7 Å². The normalized spacial score (nSPS) is 12.7. The van der Waals surface area contributed by atoms with Crippen LogP contribution in [0.3, 0.4) is 0 Å². The number of nitrogens with one attached hydrogen (secondary N) is 1. The summed E-state index contributed by atoms with van der Waals surface area (Å²) in [5.74, 6) is -2.21. The predicted molar refractivity (Wildman–Crippen MR) is 99.3 cm³/mol. The minimum absolute atomic E-state index is 0.108. The quantitative estimate of drug-likeness (QED) is 0.657. The Kier molecular flexibility index (Phi) is 6.73. The summed E-state index contributed by atoms with van der Waals surface area (Å²) in [6, 6.07) is 7.55. The maximum absolute atomic E-state index is 13.0. The summed E-state index contributed by atoms with van der Waals surface area (Å²) in [4.78, 5) is 24.0. The molecule has 0 aliphatic heterocycles. The van der Waals surface area contributed by atoms with Crippen LogP contribution in [0, 0.1) is 0 Å². The van der Waals surface area contributed by atoms with E-state index in [0.29, 0.717) is 0 Å². The van der Waals surface area contributed by atoms with Crippen molar-refractivity contribution in [2.45, 2.75) is 24.1 Å². The summed E-state index contributed by atoms with van der Waals surface area (Å²) >= 11 is 0. The summed E-state index contributed by atoms with van der Waals surface area (Å²) in [5, 5.41) is 7.13. The summed E-state index contributed by atoms with van der Waals surface area (Å²) in [7, 11) is -3.02. The van der Waals surface area contributed by atoms with Gasteiger partial charge in [-0.1, -0.05) is 12.1 Å². The van der Waals surface area contributed by atoms with Crippen LogP contribution in [0.2, 0.25) is 0 Å². The molecular weight excluding hydrogens is 429 g/mol. The summed E-state index contributed by atoms with van der Waals surface area (Å²) in [5.41, 5.74) is -1.82. The second-order valence-electron chi connectivity index (χ2n) is 5.99. The smallest absolute Gasteiger partial charge is 0.418 e. The van der Waals surface area contributed by atoms with Crippen molar-refractivity contribution in [3.05, 3.63) is 53.6 Å². The van der Waals surface area contributed by atoms with Gasteiger partial charge in [-0.15, -0.1) is 0 Å². The van der Waals surface area contributed by atoms with Crippen LogP contribution in [0.25, 0.3) is 0 Å². The lowest BCUT2D eigenvalue weighted by molar-refractivity contribution is -0.137. The van der Waals surface area contributed by atoms with Crippen molar-refractivity contribution in [1.82, 2.24) is 0 Å². The van der Waals surface area contributed by atoms with E-state index in [9.17, 15) is 31.2 Å². The number of hydrogen-bond donors (Lipinski definition) is 2. The van der Waals surface area contributed by atoms with E-state index in [4.69, 9.17) is 14.6 Å². The van der Waals surface area contributed by atoms with Gasteiger partial charge >= 0.3 is 12.1 Å². The van der Waals surface area contributed by atoms with Gasteiger partial charge in [-0.2, -0.15) is 13.2 Å². The number of nitrogens with two attached hydrogens (primary N) is 1. The maximum Gasteiger partial charge on any atom is 0.418 e.